The van der Waals surface area contributed by atoms with Crippen molar-refractivity contribution in [3.63, 3.8) is 0 Å². The van der Waals surface area contributed by atoms with Crippen molar-refractivity contribution in [1.29, 1.82) is 0 Å². The van der Waals surface area contributed by atoms with E-state index in [1.807, 2.05) is 0 Å². The maximum absolute atomic E-state index is 10.2. The molecule has 0 spiro atoms. The van der Waals surface area contributed by atoms with Gasteiger partial charge >= 0.3 is 0 Å². The minimum absolute atomic E-state index is 0.0394. The molecule has 0 atom stereocenters. The van der Waals surface area contributed by atoms with Crippen LogP contribution >= 0.6 is 0 Å². The molecule has 1 aromatic carbocycles. The zero-order valence-electron chi connectivity index (χ0n) is 6.10. The van der Waals surface area contributed by atoms with E-state index in [9.17, 15) is 10.1 Å². The van der Waals surface area contributed by atoms with E-state index in [0.29, 0.717) is 5.56 Å². The zero-order chi connectivity index (χ0) is 8.97. The zero-order valence-corrected chi connectivity index (χ0v) is 6.10. The van der Waals surface area contributed by atoms with E-state index in [2.05, 4.69) is 11.3 Å². The van der Waals surface area contributed by atoms with Gasteiger partial charge in [-0.05, 0) is 12.1 Å². The summed E-state index contributed by atoms with van der Waals surface area (Å²) in [5.74, 6) is 4.84. The maximum Gasteiger partial charge on any atom is 0.269 e. The number of benzene rings is 1. The Morgan fingerprint density at radius 3 is 2.42 bits per heavy atom. The average molecular weight is 164 g/mol. The number of nitrogens with two attached hydrogens (primary N) is 1. The highest BCUT2D eigenvalue weighted by Crippen LogP contribution is 2.10. The number of nitro benzene ring substituents is 1. The monoisotopic (exact) mass is 164 g/mol. The molecule has 1 aromatic rings. The van der Waals surface area contributed by atoms with Gasteiger partial charge in [-0.1, -0.05) is 0 Å². The van der Waals surface area contributed by atoms with Crippen molar-refractivity contribution in [2.24, 2.45) is 10.9 Å². The number of hydrogen-bond acceptors (Lipinski definition) is 4. The van der Waals surface area contributed by atoms with Crippen LogP contribution in [0.1, 0.15) is 5.56 Å². The predicted molar refractivity (Wildman–Crippen MR) is 43.8 cm³/mol. The third-order valence-corrected chi connectivity index (χ3v) is 1.27. The van der Waals surface area contributed by atoms with E-state index < -0.39 is 4.92 Å². The van der Waals surface area contributed by atoms with Gasteiger partial charge in [-0.15, -0.1) is 0 Å². The van der Waals surface area contributed by atoms with Gasteiger partial charge < -0.3 is 5.84 Å². The molecule has 1 rings (SSSR count). The number of hydrogen-bond donors (Lipinski definition) is 1. The van der Waals surface area contributed by atoms with E-state index >= 15 is 0 Å². The van der Waals surface area contributed by atoms with Crippen LogP contribution in [-0.2, 0) is 0 Å². The Bertz CT molecular complexity index is 305. The van der Waals surface area contributed by atoms with Gasteiger partial charge in [0, 0.05) is 17.7 Å². The van der Waals surface area contributed by atoms with E-state index in [1.165, 1.54) is 24.3 Å². The third kappa shape index (κ3) is 1.79. The van der Waals surface area contributed by atoms with Crippen LogP contribution in [0.25, 0.3) is 0 Å². The fourth-order valence-corrected chi connectivity index (χ4v) is 0.732. The molecule has 0 unspecified atom stereocenters. The summed E-state index contributed by atoms with van der Waals surface area (Å²) in [6.07, 6.45) is 2.45. The van der Waals surface area contributed by atoms with Crippen LogP contribution in [-0.4, -0.2) is 11.1 Å². The van der Waals surface area contributed by atoms with Gasteiger partial charge in [-0.3, -0.25) is 10.1 Å². The summed E-state index contributed by atoms with van der Waals surface area (Å²) in [6.45, 7) is 0. The van der Waals surface area contributed by atoms with Crippen LogP contribution < -0.4 is 5.84 Å². The van der Waals surface area contributed by atoms with E-state index in [4.69, 9.17) is 5.84 Å². The van der Waals surface area contributed by atoms with Crippen molar-refractivity contribution in [1.82, 2.24) is 0 Å². The van der Waals surface area contributed by atoms with Gasteiger partial charge in [0.15, 0.2) is 0 Å². The molecular formula is C7H6N3O2. The molecule has 12 heavy (non-hydrogen) atoms. The second-order valence-corrected chi connectivity index (χ2v) is 2.04. The molecule has 5 heteroatoms. The third-order valence-electron chi connectivity index (χ3n) is 1.27. The summed E-state index contributed by atoms with van der Waals surface area (Å²) in [5, 5.41) is 13.4. The van der Waals surface area contributed by atoms with Crippen molar-refractivity contribution >= 4 is 11.9 Å². The smallest absolute Gasteiger partial charge is 0.269 e. The van der Waals surface area contributed by atoms with E-state index in [-0.39, 0.29) is 5.69 Å². The standard InChI is InChI=1S/C7H6N3O2/c8-9-5-6-1-3-7(4-2-6)10(11)12/h1-4H,8H2. The number of rotatable bonds is 2. The SMILES string of the molecule is NN=[C]c1ccc([N+](=O)[O-])cc1. The topological polar surface area (TPSA) is 81.5 Å². The summed E-state index contributed by atoms with van der Waals surface area (Å²) < 4.78 is 0. The second kappa shape index (κ2) is 3.47. The molecule has 0 bridgehead atoms. The molecule has 0 aliphatic carbocycles. The molecular weight excluding hydrogens is 158 g/mol. The molecule has 0 amide bonds. The first kappa shape index (κ1) is 8.19. The Labute approximate surface area is 68.7 Å². The lowest BCUT2D eigenvalue weighted by Crippen LogP contribution is -1.89. The van der Waals surface area contributed by atoms with Crippen molar-refractivity contribution in [3.8, 4) is 0 Å². The Morgan fingerprint density at radius 2 is 2.00 bits per heavy atom. The van der Waals surface area contributed by atoms with Crippen LogP contribution in [0.4, 0.5) is 5.69 Å². The molecule has 0 aliphatic rings. The van der Waals surface area contributed by atoms with Crippen molar-refractivity contribution in [2.75, 3.05) is 0 Å². The summed E-state index contributed by atoms with van der Waals surface area (Å²) in [5.41, 5.74) is 0.653. The number of nitrogens with zero attached hydrogens (tertiary/aromatic N) is 2. The summed E-state index contributed by atoms with van der Waals surface area (Å²) in [4.78, 5) is 9.74. The lowest BCUT2D eigenvalue weighted by Gasteiger charge is -1.90. The van der Waals surface area contributed by atoms with Crippen LogP contribution in [0.15, 0.2) is 29.4 Å². The Balaban J connectivity index is 2.93. The molecule has 0 saturated heterocycles. The highest BCUT2D eigenvalue weighted by molar-refractivity contribution is 5.79. The lowest BCUT2D eigenvalue weighted by molar-refractivity contribution is -0.384. The van der Waals surface area contributed by atoms with Gasteiger partial charge in [0.1, 0.15) is 6.21 Å². The minimum atomic E-state index is -0.469. The molecule has 0 aromatic heterocycles. The van der Waals surface area contributed by atoms with Crippen molar-refractivity contribution < 1.29 is 4.92 Å². The first-order valence-electron chi connectivity index (χ1n) is 3.14. The highest BCUT2D eigenvalue weighted by atomic mass is 16.6. The summed E-state index contributed by atoms with van der Waals surface area (Å²) >= 11 is 0. The van der Waals surface area contributed by atoms with Crippen molar-refractivity contribution in [2.45, 2.75) is 0 Å². The largest absolute Gasteiger partial charge is 0.323 e. The molecule has 0 fully saturated rings. The van der Waals surface area contributed by atoms with E-state index in [0.717, 1.165) is 0 Å². The maximum atomic E-state index is 10.2. The fraction of sp³-hybridized carbons (Fsp3) is 0. The van der Waals surface area contributed by atoms with Crippen LogP contribution in [0.5, 0.6) is 0 Å². The van der Waals surface area contributed by atoms with Crippen molar-refractivity contribution in [3.05, 3.63) is 39.9 Å². The van der Waals surface area contributed by atoms with Gasteiger partial charge in [-0.25, -0.2) is 0 Å². The molecule has 0 heterocycles. The normalized spacial score (nSPS) is 10.3. The number of hydrazone groups is 1. The Hall–Kier alpha value is -1.91. The second-order valence-electron chi connectivity index (χ2n) is 2.04. The van der Waals surface area contributed by atoms with Crippen LogP contribution in [0.2, 0.25) is 0 Å². The van der Waals surface area contributed by atoms with Gasteiger partial charge in [0.25, 0.3) is 5.69 Å². The molecule has 1 radical (unpaired) electrons. The molecule has 0 saturated carbocycles. The number of nitro groups is 1. The van der Waals surface area contributed by atoms with E-state index in [1.54, 1.807) is 0 Å². The lowest BCUT2D eigenvalue weighted by atomic mass is 10.2. The summed E-state index contributed by atoms with van der Waals surface area (Å²) in [7, 11) is 0. The quantitative estimate of drug-likeness (QED) is 0.303. The Kier molecular flexibility index (Phi) is 2.37. The average Bonchev–Trinajstić information content (AvgIpc) is 2.06. The summed E-state index contributed by atoms with van der Waals surface area (Å²) in [6, 6.07) is 5.78. The predicted octanol–water partition coefficient (Wildman–Crippen LogP) is 0.764. The molecule has 61 valence electrons. The first-order chi connectivity index (χ1) is 5.74. The molecule has 2 N–H and O–H groups in total. The highest BCUT2D eigenvalue weighted by Gasteiger charge is 2.02. The van der Waals surface area contributed by atoms with Gasteiger partial charge in [0.2, 0.25) is 0 Å². The molecule has 5 nitrogen and oxygen atoms in total. The number of non-ortho nitro benzene ring substituents is 1. The molecule has 0 aliphatic heterocycles. The van der Waals surface area contributed by atoms with Gasteiger partial charge in [-0.2, -0.15) is 5.10 Å². The van der Waals surface area contributed by atoms with Gasteiger partial charge in [0.05, 0.1) is 4.92 Å². The minimum Gasteiger partial charge on any atom is -0.323 e. The van der Waals surface area contributed by atoms with Crippen LogP contribution in [0, 0.1) is 10.1 Å². The van der Waals surface area contributed by atoms with Crippen LogP contribution in [0.3, 0.4) is 0 Å². The first-order valence-corrected chi connectivity index (χ1v) is 3.14. The Morgan fingerprint density at radius 1 is 1.42 bits per heavy atom. The fourth-order valence-electron chi connectivity index (χ4n) is 0.732.